The molecule has 1 unspecified atom stereocenters. The number of thiazole rings is 1. The smallest absolute Gasteiger partial charge is 0.271 e. The molecule has 5 aromatic carbocycles. The van der Waals surface area contributed by atoms with Crippen molar-refractivity contribution in [3.8, 4) is 11.5 Å². The second-order valence-electron chi connectivity index (χ2n) is 11.0. The molecule has 1 aromatic heterocycles. The van der Waals surface area contributed by atoms with E-state index in [4.69, 9.17) is 14.5 Å². The first-order chi connectivity index (χ1) is 21.1. The van der Waals surface area contributed by atoms with Crippen LogP contribution < -0.4 is 24.4 Å². The predicted octanol–water partition coefficient (Wildman–Crippen LogP) is 6.64. The van der Waals surface area contributed by atoms with E-state index in [-0.39, 0.29) is 11.6 Å². The molecule has 1 aliphatic carbocycles. The van der Waals surface area contributed by atoms with Gasteiger partial charge in [-0.1, -0.05) is 84.1 Å². The number of rotatable bonds is 4. The minimum atomic E-state index is -0.365. The Balaban J connectivity index is 1.45. The van der Waals surface area contributed by atoms with Gasteiger partial charge in [-0.15, -0.1) is 0 Å². The van der Waals surface area contributed by atoms with Crippen molar-refractivity contribution in [1.29, 1.82) is 0 Å². The van der Waals surface area contributed by atoms with Crippen molar-refractivity contribution in [1.82, 2.24) is 4.57 Å². The van der Waals surface area contributed by atoms with Crippen molar-refractivity contribution in [3.05, 3.63) is 145 Å². The molecule has 8 rings (SSSR count). The fraction of sp³-hybridized carbons (Fsp3) is 0.135. The van der Waals surface area contributed by atoms with E-state index in [2.05, 4.69) is 84.9 Å². The summed E-state index contributed by atoms with van der Waals surface area (Å²) in [5, 5.41) is 4.52. The fourth-order valence-electron chi connectivity index (χ4n) is 6.69. The van der Waals surface area contributed by atoms with Gasteiger partial charge in [-0.3, -0.25) is 9.36 Å². The lowest BCUT2D eigenvalue weighted by molar-refractivity contribution is 0.392. The van der Waals surface area contributed by atoms with Crippen LogP contribution in [0.1, 0.15) is 34.7 Å². The van der Waals surface area contributed by atoms with Crippen molar-refractivity contribution < 1.29 is 9.47 Å². The number of nitrogens with zero attached hydrogens (tertiary/aromatic N) is 2. The van der Waals surface area contributed by atoms with Gasteiger partial charge in [-0.05, 0) is 81.4 Å². The van der Waals surface area contributed by atoms with E-state index in [1.54, 1.807) is 14.2 Å². The zero-order valence-corrected chi connectivity index (χ0v) is 24.7. The number of hydrogen-bond donors (Lipinski definition) is 0. The summed E-state index contributed by atoms with van der Waals surface area (Å²) < 4.78 is 14.0. The molecule has 0 spiro atoms. The van der Waals surface area contributed by atoms with Gasteiger partial charge in [-0.25, -0.2) is 4.99 Å². The Morgan fingerprint density at radius 3 is 2.30 bits per heavy atom. The Bertz CT molecular complexity index is 2260. The lowest BCUT2D eigenvalue weighted by Gasteiger charge is -2.31. The van der Waals surface area contributed by atoms with Crippen LogP contribution in [0, 0.1) is 0 Å². The highest BCUT2D eigenvalue weighted by molar-refractivity contribution is 7.07. The summed E-state index contributed by atoms with van der Waals surface area (Å²) in [4.78, 5) is 20.4. The number of allylic oxidation sites excluding steroid dienone is 1. The molecular weight excluding hydrogens is 552 g/mol. The lowest BCUT2D eigenvalue weighted by atomic mass is 9.83. The standard InChI is InChI=1S/C37H28N2O3S/c1-41-25-16-18-32(42-2)31(20-25)35-29-17-15-22-9-3-8-14-28(22)34(29)38-37-39(35)36(40)33(43-37)21-30-26-12-6-4-10-23(26)19-24-11-5-7-13-27(24)30/h3-14,16,18-21,35H,15,17H2,1-2H3. The lowest BCUT2D eigenvalue weighted by Crippen LogP contribution is -2.39. The Morgan fingerprint density at radius 2 is 1.56 bits per heavy atom. The molecular formula is C37H28N2O3S. The minimum absolute atomic E-state index is 0.0546. The third-order valence-corrected chi connectivity index (χ3v) is 9.68. The highest BCUT2D eigenvalue weighted by Gasteiger charge is 2.34. The minimum Gasteiger partial charge on any atom is -0.497 e. The molecule has 2 heterocycles. The number of ether oxygens (including phenoxy) is 2. The summed E-state index contributed by atoms with van der Waals surface area (Å²) in [6.45, 7) is 0. The van der Waals surface area contributed by atoms with Gasteiger partial charge in [0.2, 0.25) is 0 Å². The van der Waals surface area contributed by atoms with E-state index in [1.807, 2.05) is 22.8 Å². The molecule has 0 N–H and O–H groups in total. The van der Waals surface area contributed by atoms with Gasteiger partial charge in [0.1, 0.15) is 11.5 Å². The summed E-state index contributed by atoms with van der Waals surface area (Å²) in [5.41, 5.74) is 6.38. The van der Waals surface area contributed by atoms with Crippen molar-refractivity contribution in [3.63, 3.8) is 0 Å². The van der Waals surface area contributed by atoms with Crippen molar-refractivity contribution in [2.45, 2.75) is 18.9 Å². The van der Waals surface area contributed by atoms with E-state index < -0.39 is 0 Å². The number of aromatic nitrogens is 1. The van der Waals surface area contributed by atoms with Gasteiger partial charge in [0.05, 0.1) is 30.5 Å². The number of fused-ring (bicyclic) bond motifs is 5. The number of hydrogen-bond acceptors (Lipinski definition) is 5. The molecule has 0 radical (unpaired) electrons. The van der Waals surface area contributed by atoms with Crippen LogP contribution in [0.5, 0.6) is 11.5 Å². The quantitative estimate of drug-likeness (QED) is 0.220. The normalized spacial score (nSPS) is 16.0. The molecule has 210 valence electrons. The Morgan fingerprint density at radius 1 is 0.837 bits per heavy atom. The van der Waals surface area contributed by atoms with Crippen LogP contribution in [0.15, 0.2) is 112 Å². The second kappa shape index (κ2) is 10.1. The van der Waals surface area contributed by atoms with E-state index in [0.717, 1.165) is 68.1 Å². The van der Waals surface area contributed by atoms with Gasteiger partial charge >= 0.3 is 0 Å². The second-order valence-corrected chi connectivity index (χ2v) is 12.0. The van der Waals surface area contributed by atoms with Crippen LogP contribution in [0.2, 0.25) is 0 Å². The number of methoxy groups -OCH3 is 2. The number of aryl methyl sites for hydroxylation is 1. The molecule has 43 heavy (non-hydrogen) atoms. The fourth-order valence-corrected chi connectivity index (χ4v) is 7.67. The molecule has 0 saturated carbocycles. The van der Waals surface area contributed by atoms with Gasteiger partial charge in [0, 0.05) is 11.1 Å². The van der Waals surface area contributed by atoms with Crippen LogP contribution >= 0.6 is 11.3 Å². The first-order valence-corrected chi connectivity index (χ1v) is 15.2. The summed E-state index contributed by atoms with van der Waals surface area (Å²) in [6, 6.07) is 32.8. The maximum atomic E-state index is 14.5. The van der Waals surface area contributed by atoms with Crippen molar-refractivity contribution >= 4 is 44.7 Å². The van der Waals surface area contributed by atoms with E-state index >= 15 is 0 Å². The van der Waals surface area contributed by atoms with Crippen molar-refractivity contribution in [2.75, 3.05) is 14.2 Å². The van der Waals surface area contributed by atoms with E-state index in [9.17, 15) is 4.79 Å². The molecule has 6 heteroatoms. The van der Waals surface area contributed by atoms with E-state index in [1.165, 1.54) is 16.9 Å². The summed E-state index contributed by atoms with van der Waals surface area (Å²) in [7, 11) is 3.33. The Kier molecular flexibility index (Phi) is 6.05. The largest absolute Gasteiger partial charge is 0.497 e. The summed E-state index contributed by atoms with van der Waals surface area (Å²) >= 11 is 1.45. The third kappa shape index (κ3) is 4.05. The van der Waals surface area contributed by atoms with Crippen LogP contribution in [0.4, 0.5) is 0 Å². The van der Waals surface area contributed by atoms with Gasteiger partial charge in [0.15, 0.2) is 4.80 Å². The summed E-state index contributed by atoms with van der Waals surface area (Å²) in [5.74, 6) is 1.43. The van der Waals surface area contributed by atoms with Gasteiger partial charge < -0.3 is 9.47 Å². The summed E-state index contributed by atoms with van der Waals surface area (Å²) in [6.07, 6.45) is 3.75. The average molecular weight is 581 g/mol. The molecule has 6 aromatic rings. The highest BCUT2D eigenvalue weighted by Crippen LogP contribution is 2.44. The first kappa shape index (κ1) is 25.7. The molecule has 0 bridgehead atoms. The molecule has 0 saturated heterocycles. The number of benzene rings is 5. The molecule has 0 amide bonds. The molecule has 1 aliphatic heterocycles. The maximum absolute atomic E-state index is 14.5. The van der Waals surface area contributed by atoms with Gasteiger partial charge in [0.25, 0.3) is 5.56 Å². The average Bonchev–Trinajstić information content (AvgIpc) is 3.37. The van der Waals surface area contributed by atoms with E-state index in [0.29, 0.717) is 15.1 Å². The van der Waals surface area contributed by atoms with Crippen molar-refractivity contribution in [2.24, 2.45) is 4.99 Å². The highest BCUT2D eigenvalue weighted by atomic mass is 32.1. The van der Waals surface area contributed by atoms with Crippen LogP contribution in [-0.2, 0) is 6.42 Å². The van der Waals surface area contributed by atoms with Crippen LogP contribution in [-0.4, -0.2) is 18.8 Å². The predicted molar refractivity (Wildman–Crippen MR) is 174 cm³/mol. The Labute approximate surface area is 252 Å². The van der Waals surface area contributed by atoms with Crippen LogP contribution in [0.3, 0.4) is 0 Å². The maximum Gasteiger partial charge on any atom is 0.271 e. The SMILES string of the molecule is COc1ccc(OC)c(C2C3=C(N=c4sc(=Cc5c6ccccc6cc6ccccc56)c(=O)n42)c2ccccc2CC3)c1. The monoisotopic (exact) mass is 580 g/mol. The topological polar surface area (TPSA) is 52.8 Å². The third-order valence-electron chi connectivity index (χ3n) is 8.69. The zero-order chi connectivity index (χ0) is 29.1. The molecule has 2 aliphatic rings. The van der Waals surface area contributed by atoms with Gasteiger partial charge in [-0.2, -0.15) is 0 Å². The molecule has 1 atom stereocenters. The first-order valence-electron chi connectivity index (χ1n) is 14.4. The van der Waals surface area contributed by atoms with Crippen LogP contribution in [0.25, 0.3) is 33.3 Å². The Hall–Kier alpha value is -4.94. The molecule has 5 nitrogen and oxygen atoms in total. The zero-order valence-electron chi connectivity index (χ0n) is 23.8. The molecule has 0 fully saturated rings.